The first-order chi connectivity index (χ1) is 7.16. The van der Waals surface area contributed by atoms with E-state index in [4.69, 9.17) is 5.26 Å². The summed E-state index contributed by atoms with van der Waals surface area (Å²) in [4.78, 5) is 24.8. The third-order valence-electron chi connectivity index (χ3n) is 2.41. The zero-order chi connectivity index (χ0) is 10.9. The molecule has 1 amide bonds. The van der Waals surface area contributed by atoms with E-state index in [9.17, 15) is 9.59 Å². The Morgan fingerprint density at radius 1 is 1.73 bits per heavy atom. The molecule has 1 saturated carbocycles. The molecule has 0 radical (unpaired) electrons. The summed E-state index contributed by atoms with van der Waals surface area (Å²) in [6.45, 7) is 0.279. The zero-order valence-corrected chi connectivity index (χ0v) is 8.69. The number of carbonyl (C=O) groups is 1. The van der Waals surface area contributed by atoms with Crippen molar-refractivity contribution in [3.8, 4) is 6.07 Å². The van der Waals surface area contributed by atoms with E-state index in [1.54, 1.807) is 5.38 Å². The number of amides is 1. The Morgan fingerprint density at radius 2 is 2.47 bits per heavy atom. The number of thiazole rings is 1. The van der Waals surface area contributed by atoms with E-state index in [1.807, 2.05) is 6.07 Å². The Kier molecular flexibility index (Phi) is 2.32. The molecule has 5 nitrogen and oxygen atoms in total. The second-order valence-electron chi connectivity index (χ2n) is 3.55. The predicted molar refractivity (Wildman–Crippen MR) is 54.1 cm³/mol. The number of aromatic amines is 1. The Labute approximate surface area is 89.7 Å². The summed E-state index contributed by atoms with van der Waals surface area (Å²) >= 11 is 1.06. The topological polar surface area (TPSA) is 85.8 Å². The molecule has 1 heterocycles. The summed E-state index contributed by atoms with van der Waals surface area (Å²) in [7, 11) is 0. The number of hydrogen-bond acceptors (Lipinski definition) is 4. The van der Waals surface area contributed by atoms with Gasteiger partial charge in [-0.15, -0.1) is 0 Å². The van der Waals surface area contributed by atoms with Crippen molar-refractivity contribution < 1.29 is 4.79 Å². The second-order valence-corrected chi connectivity index (χ2v) is 4.39. The van der Waals surface area contributed by atoms with E-state index in [0.717, 1.165) is 11.3 Å². The molecular weight excluding hydrogens is 214 g/mol. The van der Waals surface area contributed by atoms with Crippen LogP contribution >= 0.6 is 11.3 Å². The summed E-state index contributed by atoms with van der Waals surface area (Å²) in [6.07, 6.45) is 1.27. The van der Waals surface area contributed by atoms with Crippen molar-refractivity contribution in [3.05, 3.63) is 20.7 Å². The van der Waals surface area contributed by atoms with Crippen molar-refractivity contribution in [1.29, 1.82) is 5.26 Å². The molecule has 0 saturated heterocycles. The Morgan fingerprint density at radius 3 is 2.93 bits per heavy atom. The van der Waals surface area contributed by atoms with E-state index in [1.165, 1.54) is 0 Å². The van der Waals surface area contributed by atoms with Crippen LogP contribution in [0.25, 0.3) is 0 Å². The summed E-state index contributed by atoms with van der Waals surface area (Å²) in [6, 6.07) is 2.01. The molecule has 0 atom stereocenters. The van der Waals surface area contributed by atoms with Gasteiger partial charge in [-0.3, -0.25) is 9.59 Å². The van der Waals surface area contributed by atoms with Crippen LogP contribution < -0.4 is 10.2 Å². The lowest BCUT2D eigenvalue weighted by molar-refractivity contribution is -0.124. The van der Waals surface area contributed by atoms with Crippen LogP contribution in [0.3, 0.4) is 0 Å². The number of aromatic nitrogens is 1. The van der Waals surface area contributed by atoms with Crippen molar-refractivity contribution >= 4 is 17.2 Å². The van der Waals surface area contributed by atoms with Crippen LogP contribution in [0.2, 0.25) is 0 Å². The van der Waals surface area contributed by atoms with E-state index in [-0.39, 0.29) is 17.3 Å². The zero-order valence-electron chi connectivity index (χ0n) is 7.87. The van der Waals surface area contributed by atoms with Crippen LogP contribution in [-0.4, -0.2) is 10.9 Å². The maximum atomic E-state index is 11.5. The van der Waals surface area contributed by atoms with E-state index in [2.05, 4.69) is 10.3 Å². The van der Waals surface area contributed by atoms with Crippen molar-refractivity contribution in [2.75, 3.05) is 0 Å². The highest BCUT2D eigenvalue weighted by Crippen LogP contribution is 2.44. The lowest BCUT2D eigenvalue weighted by Gasteiger charge is -2.06. The molecule has 0 bridgehead atoms. The van der Waals surface area contributed by atoms with Crippen LogP contribution in [-0.2, 0) is 11.3 Å². The molecule has 2 N–H and O–H groups in total. The molecule has 0 aliphatic heterocycles. The minimum absolute atomic E-state index is 0.138. The number of carbonyl (C=O) groups excluding carboxylic acids is 1. The number of nitrogens with zero attached hydrogens (tertiary/aromatic N) is 1. The molecule has 15 heavy (non-hydrogen) atoms. The van der Waals surface area contributed by atoms with Gasteiger partial charge in [-0.2, -0.15) is 5.26 Å². The Bertz CT molecular complexity index is 478. The molecule has 1 fully saturated rings. The number of H-pyrrole nitrogens is 1. The maximum Gasteiger partial charge on any atom is 0.304 e. The van der Waals surface area contributed by atoms with Gasteiger partial charge in [-0.1, -0.05) is 11.3 Å². The van der Waals surface area contributed by atoms with Gasteiger partial charge in [0.05, 0.1) is 12.6 Å². The van der Waals surface area contributed by atoms with Crippen molar-refractivity contribution in [2.45, 2.75) is 19.4 Å². The molecule has 2 rings (SSSR count). The van der Waals surface area contributed by atoms with Gasteiger partial charge in [0.1, 0.15) is 5.41 Å². The van der Waals surface area contributed by atoms with E-state index < -0.39 is 5.41 Å². The molecule has 1 aliphatic rings. The van der Waals surface area contributed by atoms with Gasteiger partial charge in [-0.05, 0) is 12.8 Å². The highest BCUT2D eigenvalue weighted by atomic mass is 32.1. The smallest absolute Gasteiger partial charge is 0.304 e. The SMILES string of the molecule is N#CC1(C(=O)NCc2csc(=O)[nH]2)CC1. The summed E-state index contributed by atoms with van der Waals surface area (Å²) in [5.41, 5.74) is -0.122. The largest absolute Gasteiger partial charge is 0.349 e. The molecular formula is C9H9N3O2S. The molecule has 0 unspecified atom stereocenters. The molecule has 1 aliphatic carbocycles. The number of nitrogens with one attached hydrogen (secondary N) is 2. The van der Waals surface area contributed by atoms with E-state index >= 15 is 0 Å². The highest BCUT2D eigenvalue weighted by molar-refractivity contribution is 7.07. The molecule has 0 aromatic carbocycles. The van der Waals surface area contributed by atoms with Gasteiger partial charge in [0.15, 0.2) is 0 Å². The average Bonchev–Trinajstić information content (AvgIpc) is 2.93. The molecule has 0 spiro atoms. The fourth-order valence-electron chi connectivity index (χ4n) is 1.26. The maximum absolute atomic E-state index is 11.5. The number of rotatable bonds is 3. The lowest BCUT2D eigenvalue weighted by Crippen LogP contribution is -2.30. The van der Waals surface area contributed by atoms with Crippen molar-refractivity contribution in [1.82, 2.24) is 10.3 Å². The standard InChI is InChI=1S/C9H9N3O2S/c10-5-9(1-2-9)7(13)11-3-6-4-15-8(14)12-6/h4H,1-3H2,(H,11,13)(H,12,14). The van der Waals surface area contributed by atoms with Gasteiger partial charge in [-0.25, -0.2) is 0 Å². The molecule has 78 valence electrons. The Hall–Kier alpha value is -1.61. The number of nitriles is 1. The average molecular weight is 223 g/mol. The summed E-state index contributed by atoms with van der Waals surface area (Å²) in [5, 5.41) is 13.1. The van der Waals surface area contributed by atoms with E-state index in [0.29, 0.717) is 18.5 Å². The first kappa shape index (κ1) is 9.93. The third-order valence-corrected chi connectivity index (χ3v) is 3.13. The van der Waals surface area contributed by atoms with Crippen LogP contribution in [0.4, 0.5) is 0 Å². The minimum atomic E-state index is -0.795. The van der Waals surface area contributed by atoms with Gasteiger partial charge in [0.25, 0.3) is 0 Å². The second kappa shape index (κ2) is 3.51. The van der Waals surface area contributed by atoms with Crippen LogP contribution in [0.15, 0.2) is 10.2 Å². The molecule has 6 heteroatoms. The minimum Gasteiger partial charge on any atom is -0.349 e. The predicted octanol–water partition coefficient (Wildman–Crippen LogP) is 0.356. The number of hydrogen-bond donors (Lipinski definition) is 2. The fraction of sp³-hybridized carbons (Fsp3) is 0.444. The van der Waals surface area contributed by atoms with Gasteiger partial charge >= 0.3 is 4.87 Å². The van der Waals surface area contributed by atoms with Crippen molar-refractivity contribution in [2.24, 2.45) is 5.41 Å². The van der Waals surface area contributed by atoms with Gasteiger partial charge in [0.2, 0.25) is 5.91 Å². The van der Waals surface area contributed by atoms with Gasteiger partial charge < -0.3 is 10.3 Å². The fourth-order valence-corrected chi connectivity index (χ4v) is 1.84. The monoisotopic (exact) mass is 223 g/mol. The van der Waals surface area contributed by atoms with Crippen molar-refractivity contribution in [3.63, 3.8) is 0 Å². The van der Waals surface area contributed by atoms with Gasteiger partial charge in [0, 0.05) is 11.1 Å². The first-order valence-corrected chi connectivity index (χ1v) is 5.40. The van der Waals surface area contributed by atoms with Crippen LogP contribution in [0.1, 0.15) is 18.5 Å². The lowest BCUT2D eigenvalue weighted by atomic mass is 10.1. The normalized spacial score (nSPS) is 16.7. The first-order valence-electron chi connectivity index (χ1n) is 4.52. The third kappa shape index (κ3) is 1.92. The Balaban J connectivity index is 1.92. The molecule has 1 aromatic heterocycles. The van der Waals surface area contributed by atoms with Crippen LogP contribution in [0.5, 0.6) is 0 Å². The molecule has 1 aromatic rings. The summed E-state index contributed by atoms with van der Waals surface area (Å²) in [5.74, 6) is -0.239. The van der Waals surface area contributed by atoms with Crippen LogP contribution in [0, 0.1) is 16.7 Å². The highest BCUT2D eigenvalue weighted by Gasteiger charge is 2.50. The summed E-state index contributed by atoms with van der Waals surface area (Å²) < 4.78 is 0. The quantitative estimate of drug-likeness (QED) is 0.775.